The lowest BCUT2D eigenvalue weighted by Gasteiger charge is -2.19. The molecule has 3 amide bonds. The summed E-state index contributed by atoms with van der Waals surface area (Å²) < 4.78 is 5.25. The molecule has 30 heavy (non-hydrogen) atoms. The van der Waals surface area contributed by atoms with Gasteiger partial charge < -0.3 is 30.7 Å². The summed E-state index contributed by atoms with van der Waals surface area (Å²) in [5.41, 5.74) is 0.613. The molecule has 0 aliphatic heterocycles. The highest BCUT2D eigenvalue weighted by molar-refractivity contribution is 6.36. The number of para-hydroxylation sites is 1. The Hall–Kier alpha value is -2.97. The van der Waals surface area contributed by atoms with Crippen LogP contribution in [0.3, 0.4) is 0 Å². The zero-order valence-electron chi connectivity index (χ0n) is 17.3. The lowest BCUT2D eigenvalue weighted by molar-refractivity contribution is 0.0943. The number of urea groups is 1. The first kappa shape index (κ1) is 23.3. The van der Waals surface area contributed by atoms with Crippen LogP contribution in [0.5, 0.6) is 11.5 Å². The van der Waals surface area contributed by atoms with Crippen LogP contribution in [0, 0.1) is 0 Å². The van der Waals surface area contributed by atoms with Gasteiger partial charge in [0.15, 0.2) is 5.75 Å². The molecule has 2 aromatic rings. The van der Waals surface area contributed by atoms with Crippen LogP contribution in [0.4, 0.5) is 16.2 Å². The number of ether oxygens (including phenoxy) is 1. The van der Waals surface area contributed by atoms with Crippen molar-refractivity contribution in [2.24, 2.45) is 0 Å². The Morgan fingerprint density at radius 1 is 1.13 bits per heavy atom. The van der Waals surface area contributed by atoms with Gasteiger partial charge in [-0.15, -0.1) is 0 Å². The normalized spacial score (nSPS) is 10.6. The fourth-order valence-electron chi connectivity index (χ4n) is 2.85. The Morgan fingerprint density at radius 2 is 1.80 bits per heavy atom. The van der Waals surface area contributed by atoms with Crippen LogP contribution < -0.4 is 20.7 Å². The molecule has 0 aliphatic carbocycles. The van der Waals surface area contributed by atoms with E-state index in [1.165, 1.54) is 13.2 Å². The third-order valence-corrected chi connectivity index (χ3v) is 4.92. The molecule has 0 spiro atoms. The summed E-state index contributed by atoms with van der Waals surface area (Å²) in [4.78, 5) is 27.0. The number of nitrogens with one attached hydrogen (secondary N) is 3. The summed E-state index contributed by atoms with van der Waals surface area (Å²) in [6.45, 7) is 6.91. The summed E-state index contributed by atoms with van der Waals surface area (Å²) in [6, 6.07) is 9.69. The fraction of sp³-hybridized carbons (Fsp3) is 0.333. The number of hydrogen-bond acceptors (Lipinski definition) is 5. The Kier molecular flexibility index (Phi) is 8.76. The Labute approximate surface area is 181 Å². The monoisotopic (exact) mass is 434 g/mol. The average Bonchev–Trinajstić information content (AvgIpc) is 2.74. The van der Waals surface area contributed by atoms with Crippen LogP contribution >= 0.6 is 11.6 Å². The highest BCUT2D eigenvalue weighted by atomic mass is 35.5. The minimum absolute atomic E-state index is 0.0870. The third kappa shape index (κ3) is 6.01. The molecule has 0 unspecified atom stereocenters. The van der Waals surface area contributed by atoms with Crippen LogP contribution in [0.1, 0.15) is 24.2 Å². The van der Waals surface area contributed by atoms with Crippen LogP contribution in [0.25, 0.3) is 0 Å². The Bertz CT molecular complexity index is 873. The first-order valence-electron chi connectivity index (χ1n) is 9.64. The van der Waals surface area contributed by atoms with Crippen molar-refractivity contribution in [3.05, 3.63) is 47.0 Å². The first-order valence-corrected chi connectivity index (χ1v) is 10.0. The van der Waals surface area contributed by atoms with Gasteiger partial charge >= 0.3 is 6.03 Å². The molecular weight excluding hydrogens is 408 g/mol. The van der Waals surface area contributed by atoms with Crippen LogP contribution in [-0.2, 0) is 0 Å². The molecule has 162 valence electrons. The number of anilines is 2. The SMILES string of the molecule is CCN(CC)CCNC(=O)c1c(OC)cc(NC(=O)Nc2ccccc2)c(Cl)c1O. The smallest absolute Gasteiger partial charge is 0.323 e. The van der Waals surface area contributed by atoms with Crippen molar-refractivity contribution in [3.8, 4) is 11.5 Å². The molecule has 0 atom stereocenters. The topological polar surface area (TPSA) is 103 Å². The van der Waals surface area contributed by atoms with E-state index in [0.29, 0.717) is 18.8 Å². The van der Waals surface area contributed by atoms with Gasteiger partial charge in [-0.25, -0.2) is 4.79 Å². The van der Waals surface area contributed by atoms with Crippen molar-refractivity contribution in [3.63, 3.8) is 0 Å². The van der Waals surface area contributed by atoms with Gasteiger partial charge in [0.25, 0.3) is 5.91 Å². The molecular formula is C21H27ClN4O4. The zero-order chi connectivity index (χ0) is 22.1. The van der Waals surface area contributed by atoms with E-state index in [1.54, 1.807) is 24.3 Å². The molecule has 0 saturated carbocycles. The van der Waals surface area contributed by atoms with Gasteiger partial charge in [0.05, 0.1) is 12.8 Å². The van der Waals surface area contributed by atoms with E-state index in [-0.39, 0.29) is 22.0 Å². The lowest BCUT2D eigenvalue weighted by Crippen LogP contribution is -2.35. The minimum atomic E-state index is -0.555. The van der Waals surface area contributed by atoms with E-state index in [0.717, 1.165) is 13.1 Å². The second-order valence-corrected chi connectivity index (χ2v) is 6.77. The number of nitrogens with zero attached hydrogens (tertiary/aromatic N) is 1. The number of hydrogen-bond donors (Lipinski definition) is 4. The maximum absolute atomic E-state index is 12.6. The van der Waals surface area contributed by atoms with Gasteiger partial charge in [0.1, 0.15) is 16.3 Å². The highest BCUT2D eigenvalue weighted by Gasteiger charge is 2.23. The summed E-state index contributed by atoms with van der Waals surface area (Å²) >= 11 is 6.21. The number of halogens is 1. The number of aromatic hydroxyl groups is 1. The maximum Gasteiger partial charge on any atom is 0.323 e. The van der Waals surface area contributed by atoms with E-state index >= 15 is 0 Å². The van der Waals surface area contributed by atoms with Crippen LogP contribution in [0.15, 0.2) is 36.4 Å². The number of benzene rings is 2. The van der Waals surface area contributed by atoms with Gasteiger partial charge in [-0.2, -0.15) is 0 Å². The summed E-state index contributed by atoms with van der Waals surface area (Å²) in [6.07, 6.45) is 0. The number of carbonyl (C=O) groups excluding carboxylic acids is 2. The molecule has 0 heterocycles. The fourth-order valence-corrected chi connectivity index (χ4v) is 3.05. The molecule has 2 rings (SSSR count). The van der Waals surface area contributed by atoms with E-state index in [1.807, 2.05) is 19.9 Å². The maximum atomic E-state index is 12.6. The van der Waals surface area contributed by atoms with Gasteiger partial charge in [-0.05, 0) is 25.2 Å². The second kappa shape index (κ2) is 11.3. The van der Waals surface area contributed by atoms with E-state index in [2.05, 4.69) is 20.9 Å². The van der Waals surface area contributed by atoms with Crippen molar-refractivity contribution in [2.45, 2.75) is 13.8 Å². The van der Waals surface area contributed by atoms with Crippen LogP contribution in [0.2, 0.25) is 5.02 Å². The number of methoxy groups -OCH3 is 1. The molecule has 4 N–H and O–H groups in total. The zero-order valence-corrected chi connectivity index (χ0v) is 18.0. The van der Waals surface area contributed by atoms with Gasteiger partial charge in [0.2, 0.25) is 0 Å². The minimum Gasteiger partial charge on any atom is -0.505 e. The average molecular weight is 435 g/mol. The van der Waals surface area contributed by atoms with Gasteiger partial charge in [0, 0.05) is 24.8 Å². The predicted octanol–water partition coefficient (Wildman–Crippen LogP) is 3.77. The third-order valence-electron chi connectivity index (χ3n) is 4.54. The largest absolute Gasteiger partial charge is 0.505 e. The molecule has 0 aromatic heterocycles. The second-order valence-electron chi connectivity index (χ2n) is 6.39. The number of carbonyl (C=O) groups is 2. The Balaban J connectivity index is 2.15. The molecule has 0 aliphatic rings. The van der Waals surface area contributed by atoms with Gasteiger partial charge in [-0.1, -0.05) is 43.6 Å². The van der Waals surface area contributed by atoms with E-state index < -0.39 is 17.7 Å². The molecule has 0 saturated heterocycles. The van der Waals surface area contributed by atoms with Crippen molar-refractivity contribution < 1.29 is 19.4 Å². The molecule has 8 nitrogen and oxygen atoms in total. The van der Waals surface area contributed by atoms with Crippen molar-refractivity contribution >= 4 is 34.9 Å². The van der Waals surface area contributed by atoms with E-state index in [9.17, 15) is 14.7 Å². The quantitative estimate of drug-likeness (QED) is 0.481. The van der Waals surface area contributed by atoms with Crippen molar-refractivity contribution in [1.82, 2.24) is 10.2 Å². The number of amides is 3. The standard InChI is InChI=1S/C21H27ClN4O4/c1-4-26(5-2)12-11-23-20(28)17-16(30-3)13-15(18(22)19(17)27)25-21(29)24-14-9-7-6-8-10-14/h6-10,13,27H,4-5,11-12H2,1-3H3,(H,23,28)(H2,24,25,29). The molecule has 0 fully saturated rings. The summed E-state index contributed by atoms with van der Waals surface area (Å²) in [5.74, 6) is -0.891. The molecule has 0 bridgehead atoms. The van der Waals surface area contributed by atoms with Crippen molar-refractivity contribution in [2.75, 3.05) is 43.9 Å². The summed E-state index contributed by atoms with van der Waals surface area (Å²) in [7, 11) is 1.36. The van der Waals surface area contributed by atoms with Gasteiger partial charge in [-0.3, -0.25) is 4.79 Å². The molecule has 2 aromatic carbocycles. The molecule has 9 heteroatoms. The van der Waals surface area contributed by atoms with Crippen molar-refractivity contribution in [1.29, 1.82) is 0 Å². The number of phenolic OH excluding ortho intramolecular Hbond substituents is 1. The van der Waals surface area contributed by atoms with Crippen LogP contribution in [-0.4, -0.2) is 55.2 Å². The predicted molar refractivity (Wildman–Crippen MR) is 119 cm³/mol. The lowest BCUT2D eigenvalue weighted by atomic mass is 10.1. The number of phenols is 1. The first-order chi connectivity index (χ1) is 14.4. The Morgan fingerprint density at radius 3 is 2.40 bits per heavy atom. The summed E-state index contributed by atoms with van der Waals surface area (Å²) in [5, 5.41) is 18.3. The van der Waals surface area contributed by atoms with E-state index in [4.69, 9.17) is 16.3 Å². The highest BCUT2D eigenvalue weighted by Crippen LogP contribution is 2.40. The number of rotatable bonds is 9. The molecule has 0 radical (unpaired) electrons. The number of likely N-dealkylation sites (N-methyl/N-ethyl adjacent to an activating group) is 1.